The summed E-state index contributed by atoms with van der Waals surface area (Å²) in [5, 5.41) is 0.781. The van der Waals surface area contributed by atoms with Gasteiger partial charge >= 0.3 is 0 Å². The molecule has 0 saturated heterocycles. The van der Waals surface area contributed by atoms with Crippen molar-refractivity contribution in [3.63, 3.8) is 0 Å². The first-order chi connectivity index (χ1) is 9.88. The maximum Gasteiger partial charge on any atom is 0.178 e. The fraction of sp³-hybridized carbons (Fsp3) is 0.647. The lowest BCUT2D eigenvalue weighted by atomic mass is 9.77. The zero-order valence-electron chi connectivity index (χ0n) is 12.9. The van der Waals surface area contributed by atoms with Gasteiger partial charge in [0, 0.05) is 5.33 Å². The van der Waals surface area contributed by atoms with E-state index in [1.54, 1.807) is 12.1 Å². The van der Waals surface area contributed by atoms with Gasteiger partial charge in [-0.15, -0.1) is 0 Å². The number of hydrogen-bond acceptors (Lipinski definition) is 2. The summed E-state index contributed by atoms with van der Waals surface area (Å²) in [4.78, 5) is 0.470. The van der Waals surface area contributed by atoms with E-state index in [1.807, 2.05) is 12.1 Å². The standard InChI is InChI=1S/C17H25BrO2S/c1-14(2)15-6-8-16(9-7-15)21(19,20)13-17(12-18)10-4-3-5-11-17/h6-9,14H,3-5,10-13H2,1-2H3. The van der Waals surface area contributed by atoms with Crippen molar-refractivity contribution in [2.24, 2.45) is 5.41 Å². The first-order valence-electron chi connectivity index (χ1n) is 7.77. The molecule has 0 heterocycles. The number of alkyl halides is 1. The van der Waals surface area contributed by atoms with E-state index in [-0.39, 0.29) is 11.2 Å². The Morgan fingerprint density at radius 1 is 1.10 bits per heavy atom. The molecular formula is C17H25BrO2S. The Balaban J connectivity index is 2.20. The van der Waals surface area contributed by atoms with Crippen molar-refractivity contribution in [3.8, 4) is 0 Å². The highest BCUT2D eigenvalue weighted by molar-refractivity contribution is 9.09. The molecule has 118 valence electrons. The Morgan fingerprint density at radius 2 is 1.67 bits per heavy atom. The molecule has 1 aromatic carbocycles. The molecular weight excluding hydrogens is 348 g/mol. The van der Waals surface area contributed by atoms with E-state index in [4.69, 9.17) is 0 Å². The first kappa shape index (κ1) is 17.0. The van der Waals surface area contributed by atoms with E-state index in [9.17, 15) is 8.42 Å². The van der Waals surface area contributed by atoms with Gasteiger partial charge in [-0.25, -0.2) is 8.42 Å². The number of benzene rings is 1. The van der Waals surface area contributed by atoms with Crippen LogP contribution in [0.3, 0.4) is 0 Å². The molecule has 0 radical (unpaired) electrons. The molecule has 1 aliphatic carbocycles. The van der Waals surface area contributed by atoms with Gasteiger partial charge in [0.15, 0.2) is 9.84 Å². The summed E-state index contributed by atoms with van der Waals surface area (Å²) in [7, 11) is -3.20. The molecule has 0 bridgehead atoms. The van der Waals surface area contributed by atoms with Gasteiger partial charge in [0.25, 0.3) is 0 Å². The lowest BCUT2D eigenvalue weighted by molar-refractivity contribution is 0.256. The molecule has 0 amide bonds. The molecule has 1 saturated carbocycles. The summed E-state index contributed by atoms with van der Waals surface area (Å²) in [6, 6.07) is 7.43. The van der Waals surface area contributed by atoms with Crippen LogP contribution in [0.4, 0.5) is 0 Å². The molecule has 0 atom stereocenters. The molecule has 1 aliphatic rings. The van der Waals surface area contributed by atoms with Crippen molar-refractivity contribution in [2.45, 2.75) is 56.8 Å². The average molecular weight is 373 g/mol. The summed E-state index contributed by atoms with van der Waals surface area (Å²) >= 11 is 3.56. The molecule has 1 aromatic rings. The second-order valence-corrected chi connectivity index (χ2v) is 9.23. The molecule has 4 heteroatoms. The summed E-state index contributed by atoms with van der Waals surface area (Å²) in [6.07, 6.45) is 5.56. The van der Waals surface area contributed by atoms with Gasteiger partial charge in [-0.3, -0.25) is 0 Å². The van der Waals surface area contributed by atoms with Gasteiger partial charge in [0.2, 0.25) is 0 Å². The molecule has 21 heavy (non-hydrogen) atoms. The van der Waals surface area contributed by atoms with E-state index in [1.165, 1.54) is 12.0 Å². The normalized spacial score (nSPS) is 18.9. The maximum atomic E-state index is 12.7. The first-order valence-corrected chi connectivity index (χ1v) is 10.5. The van der Waals surface area contributed by atoms with Gasteiger partial charge < -0.3 is 0 Å². The number of hydrogen-bond donors (Lipinski definition) is 0. The third-order valence-electron chi connectivity index (χ3n) is 4.60. The molecule has 2 nitrogen and oxygen atoms in total. The lowest BCUT2D eigenvalue weighted by Gasteiger charge is -2.35. The zero-order valence-corrected chi connectivity index (χ0v) is 15.3. The smallest absolute Gasteiger partial charge is 0.178 e. The highest BCUT2D eigenvalue weighted by atomic mass is 79.9. The Hall–Kier alpha value is -0.350. The summed E-state index contributed by atoms with van der Waals surface area (Å²) < 4.78 is 25.4. The third-order valence-corrected chi connectivity index (χ3v) is 7.77. The fourth-order valence-corrected chi connectivity index (χ4v) is 6.10. The minimum Gasteiger partial charge on any atom is -0.224 e. The van der Waals surface area contributed by atoms with E-state index < -0.39 is 9.84 Å². The zero-order chi connectivity index (χ0) is 15.5. The monoisotopic (exact) mass is 372 g/mol. The van der Waals surface area contributed by atoms with Crippen LogP contribution in [0.15, 0.2) is 29.2 Å². The lowest BCUT2D eigenvalue weighted by Crippen LogP contribution is -2.34. The Labute approximate surface area is 137 Å². The quantitative estimate of drug-likeness (QED) is 0.686. The molecule has 2 rings (SSSR count). The Kier molecular flexibility index (Phi) is 5.53. The molecule has 0 spiro atoms. The van der Waals surface area contributed by atoms with Crippen LogP contribution in [0, 0.1) is 5.41 Å². The second-order valence-electron chi connectivity index (χ2n) is 6.68. The molecule has 1 fully saturated rings. The molecule has 0 aromatic heterocycles. The van der Waals surface area contributed by atoms with Gasteiger partial charge in [0.05, 0.1) is 10.6 Å². The van der Waals surface area contributed by atoms with Gasteiger partial charge in [-0.2, -0.15) is 0 Å². The van der Waals surface area contributed by atoms with Crippen LogP contribution in [0.2, 0.25) is 0 Å². The van der Waals surface area contributed by atoms with Crippen LogP contribution in [0.1, 0.15) is 57.4 Å². The topological polar surface area (TPSA) is 34.1 Å². The minimum atomic E-state index is -3.20. The number of halogens is 1. The van der Waals surface area contributed by atoms with Crippen LogP contribution in [0.25, 0.3) is 0 Å². The highest BCUT2D eigenvalue weighted by Gasteiger charge is 2.36. The van der Waals surface area contributed by atoms with Crippen LogP contribution >= 0.6 is 15.9 Å². The Morgan fingerprint density at radius 3 is 2.14 bits per heavy atom. The predicted octanol–water partition coefficient (Wildman–Crippen LogP) is 4.93. The van der Waals surface area contributed by atoms with Crippen molar-refractivity contribution >= 4 is 25.8 Å². The summed E-state index contributed by atoms with van der Waals surface area (Å²) in [5.41, 5.74) is 1.11. The summed E-state index contributed by atoms with van der Waals surface area (Å²) in [5.74, 6) is 0.695. The van der Waals surface area contributed by atoms with Gasteiger partial charge in [-0.1, -0.05) is 61.2 Å². The third kappa shape index (κ3) is 4.10. The number of rotatable bonds is 5. The van der Waals surface area contributed by atoms with Gasteiger partial charge in [-0.05, 0) is 41.9 Å². The molecule has 0 aliphatic heterocycles. The van der Waals surface area contributed by atoms with E-state index >= 15 is 0 Å². The van der Waals surface area contributed by atoms with E-state index in [2.05, 4.69) is 29.8 Å². The summed E-state index contributed by atoms with van der Waals surface area (Å²) in [6.45, 7) is 4.23. The van der Waals surface area contributed by atoms with Crippen molar-refractivity contribution in [2.75, 3.05) is 11.1 Å². The van der Waals surface area contributed by atoms with E-state index in [0.717, 1.165) is 31.0 Å². The number of sulfone groups is 1. The Bertz CT molecular complexity index is 555. The molecule has 0 N–H and O–H groups in total. The second kappa shape index (κ2) is 6.82. The van der Waals surface area contributed by atoms with Crippen LogP contribution in [-0.2, 0) is 9.84 Å². The largest absolute Gasteiger partial charge is 0.224 e. The highest BCUT2D eigenvalue weighted by Crippen LogP contribution is 2.40. The van der Waals surface area contributed by atoms with Gasteiger partial charge in [0.1, 0.15) is 0 Å². The fourth-order valence-electron chi connectivity index (χ4n) is 3.16. The maximum absolute atomic E-state index is 12.7. The average Bonchev–Trinajstić information content (AvgIpc) is 2.48. The van der Waals surface area contributed by atoms with Crippen molar-refractivity contribution < 1.29 is 8.42 Å². The van der Waals surface area contributed by atoms with Crippen molar-refractivity contribution in [1.82, 2.24) is 0 Å². The van der Waals surface area contributed by atoms with Crippen molar-refractivity contribution in [1.29, 1.82) is 0 Å². The predicted molar refractivity (Wildman–Crippen MR) is 91.9 cm³/mol. The van der Waals surface area contributed by atoms with Crippen LogP contribution in [0.5, 0.6) is 0 Å². The molecule has 0 unspecified atom stereocenters. The SMILES string of the molecule is CC(C)c1ccc(S(=O)(=O)CC2(CBr)CCCCC2)cc1. The minimum absolute atomic E-state index is 0.0756. The van der Waals surface area contributed by atoms with Crippen molar-refractivity contribution in [3.05, 3.63) is 29.8 Å². The van der Waals surface area contributed by atoms with Crippen LogP contribution in [-0.4, -0.2) is 19.5 Å². The van der Waals surface area contributed by atoms with Crippen LogP contribution < -0.4 is 0 Å². The van der Waals surface area contributed by atoms with E-state index in [0.29, 0.717) is 10.8 Å².